The Hall–Kier alpha value is -2.90. The molecular formula is C22H27FN6O. The number of H-pyrrole nitrogens is 1. The van der Waals surface area contributed by atoms with Gasteiger partial charge >= 0.3 is 0 Å². The zero-order valence-corrected chi connectivity index (χ0v) is 17.1. The van der Waals surface area contributed by atoms with Crippen LogP contribution < -0.4 is 5.32 Å². The van der Waals surface area contributed by atoms with Crippen LogP contribution in [0.15, 0.2) is 30.9 Å². The Morgan fingerprint density at radius 1 is 1.27 bits per heavy atom. The molecule has 0 aromatic carbocycles. The van der Waals surface area contributed by atoms with E-state index in [0.717, 1.165) is 27.8 Å². The van der Waals surface area contributed by atoms with Gasteiger partial charge in [0.15, 0.2) is 0 Å². The third-order valence-corrected chi connectivity index (χ3v) is 6.49. The molecule has 0 bridgehead atoms. The first-order valence-corrected chi connectivity index (χ1v) is 10.8. The van der Waals surface area contributed by atoms with Crippen LogP contribution in [0.3, 0.4) is 0 Å². The van der Waals surface area contributed by atoms with Gasteiger partial charge in [-0.15, -0.1) is 0 Å². The number of halogens is 1. The summed E-state index contributed by atoms with van der Waals surface area (Å²) in [6.45, 7) is 2.17. The fourth-order valence-corrected chi connectivity index (χ4v) is 4.79. The molecule has 8 heteroatoms. The van der Waals surface area contributed by atoms with E-state index in [-0.39, 0.29) is 18.5 Å². The van der Waals surface area contributed by atoms with Gasteiger partial charge in [-0.05, 0) is 25.3 Å². The summed E-state index contributed by atoms with van der Waals surface area (Å²) in [5, 5.41) is 9.29. The molecule has 1 amide bonds. The molecule has 1 saturated heterocycles. The number of hydrogen-bond donors (Lipinski definition) is 2. The highest BCUT2D eigenvalue weighted by Crippen LogP contribution is 2.36. The molecule has 5 rings (SSSR count). The monoisotopic (exact) mass is 410 g/mol. The van der Waals surface area contributed by atoms with Crippen LogP contribution >= 0.6 is 0 Å². The lowest BCUT2D eigenvalue weighted by molar-refractivity contribution is -0.131. The first-order valence-electron chi connectivity index (χ1n) is 10.8. The summed E-state index contributed by atoms with van der Waals surface area (Å²) in [4.78, 5) is 20.9. The molecule has 1 aliphatic heterocycles. The van der Waals surface area contributed by atoms with E-state index in [1.54, 1.807) is 15.8 Å². The van der Waals surface area contributed by atoms with Crippen molar-refractivity contribution in [3.05, 3.63) is 30.9 Å². The first-order chi connectivity index (χ1) is 14.6. The number of piperidine rings is 1. The molecule has 0 radical (unpaired) electrons. The Kier molecular flexibility index (Phi) is 4.92. The highest BCUT2D eigenvalue weighted by molar-refractivity contribution is 5.98. The number of alkyl halides is 1. The standard InChI is InChI=1S/C22H27FN6O/c1-14(30)28-9-7-20(19(23)13-28)29-12-15(10-26-29)18-11-25-22-17(6-8-24-22)21(18)27-16-4-2-3-5-16/h6,8,10-12,16,19-20H,2-5,7,9,13H2,1H3,(H2,24,25,27)/t19-,20-/m0/s1. The minimum Gasteiger partial charge on any atom is -0.381 e. The summed E-state index contributed by atoms with van der Waals surface area (Å²) >= 11 is 0. The quantitative estimate of drug-likeness (QED) is 0.684. The number of carbonyl (C=O) groups is 1. The van der Waals surface area contributed by atoms with Gasteiger partial charge in [0.25, 0.3) is 0 Å². The Balaban J connectivity index is 1.45. The van der Waals surface area contributed by atoms with Crippen LogP contribution in [0.1, 0.15) is 45.1 Å². The summed E-state index contributed by atoms with van der Waals surface area (Å²) < 4.78 is 16.5. The lowest BCUT2D eigenvalue weighted by Gasteiger charge is -2.34. The van der Waals surface area contributed by atoms with Gasteiger partial charge in [-0.25, -0.2) is 9.37 Å². The summed E-state index contributed by atoms with van der Waals surface area (Å²) in [6, 6.07) is 2.15. The van der Waals surface area contributed by atoms with Crippen LogP contribution in [0.2, 0.25) is 0 Å². The highest BCUT2D eigenvalue weighted by atomic mass is 19.1. The number of aromatic nitrogens is 4. The second-order valence-electron chi connectivity index (χ2n) is 8.46. The van der Waals surface area contributed by atoms with Crippen LogP contribution in [0, 0.1) is 0 Å². The zero-order valence-electron chi connectivity index (χ0n) is 17.1. The fraction of sp³-hybridized carbons (Fsp3) is 0.500. The van der Waals surface area contributed by atoms with Crippen molar-refractivity contribution in [3.8, 4) is 11.1 Å². The van der Waals surface area contributed by atoms with Gasteiger partial charge in [-0.2, -0.15) is 5.10 Å². The van der Waals surface area contributed by atoms with Crippen molar-refractivity contribution in [1.29, 1.82) is 0 Å². The van der Waals surface area contributed by atoms with Gasteiger partial charge in [0.2, 0.25) is 5.91 Å². The maximum Gasteiger partial charge on any atom is 0.219 e. The van der Waals surface area contributed by atoms with Crippen LogP contribution in [0.4, 0.5) is 10.1 Å². The number of rotatable bonds is 4. The SMILES string of the molecule is CC(=O)N1CC[C@H](n2cc(-c3cnc4[nH]ccc4c3NC3CCCC3)cn2)[C@@H](F)C1. The molecule has 2 atom stereocenters. The molecule has 2 aliphatic rings. The molecule has 2 N–H and O–H groups in total. The number of nitrogens with one attached hydrogen (secondary N) is 2. The minimum atomic E-state index is -1.13. The number of carbonyl (C=O) groups excluding carboxylic acids is 1. The number of hydrogen-bond acceptors (Lipinski definition) is 4. The van der Waals surface area contributed by atoms with Gasteiger partial charge < -0.3 is 15.2 Å². The van der Waals surface area contributed by atoms with E-state index in [4.69, 9.17) is 0 Å². The summed E-state index contributed by atoms with van der Waals surface area (Å²) in [6.07, 6.45) is 11.8. The summed E-state index contributed by atoms with van der Waals surface area (Å²) in [5.74, 6) is -0.0780. The van der Waals surface area contributed by atoms with Crippen molar-refractivity contribution in [2.45, 2.75) is 57.3 Å². The number of nitrogens with zero attached hydrogens (tertiary/aromatic N) is 4. The van der Waals surface area contributed by atoms with Gasteiger partial charge in [-0.1, -0.05) is 12.8 Å². The van der Waals surface area contributed by atoms with E-state index in [9.17, 15) is 9.18 Å². The molecule has 3 aromatic rings. The topological polar surface area (TPSA) is 78.8 Å². The number of likely N-dealkylation sites (tertiary alicyclic amines) is 1. The molecule has 1 saturated carbocycles. The first kappa shape index (κ1) is 19.1. The number of fused-ring (bicyclic) bond motifs is 1. The van der Waals surface area contributed by atoms with E-state index in [1.165, 1.54) is 32.6 Å². The Labute approximate surface area is 174 Å². The van der Waals surface area contributed by atoms with Crippen molar-refractivity contribution in [2.75, 3.05) is 18.4 Å². The largest absolute Gasteiger partial charge is 0.381 e. The molecule has 30 heavy (non-hydrogen) atoms. The van der Waals surface area contributed by atoms with Crippen LogP contribution in [-0.4, -0.2) is 55.9 Å². The van der Waals surface area contributed by atoms with E-state index >= 15 is 0 Å². The molecule has 1 aliphatic carbocycles. The molecular weight excluding hydrogens is 383 g/mol. The molecule has 0 spiro atoms. The van der Waals surface area contributed by atoms with Crippen molar-refractivity contribution in [3.63, 3.8) is 0 Å². The second-order valence-corrected chi connectivity index (χ2v) is 8.46. The zero-order chi connectivity index (χ0) is 20.7. The predicted octanol–water partition coefficient (Wildman–Crippen LogP) is 3.91. The van der Waals surface area contributed by atoms with Crippen molar-refractivity contribution in [2.24, 2.45) is 0 Å². The Morgan fingerprint density at radius 2 is 2.10 bits per heavy atom. The third kappa shape index (κ3) is 3.44. The Bertz CT molecular complexity index is 1050. The lowest BCUT2D eigenvalue weighted by atomic mass is 10.0. The molecule has 158 valence electrons. The average Bonchev–Trinajstić information content (AvgIpc) is 3.49. The highest BCUT2D eigenvalue weighted by Gasteiger charge is 2.32. The third-order valence-electron chi connectivity index (χ3n) is 6.49. The van der Waals surface area contributed by atoms with Crippen LogP contribution in [-0.2, 0) is 4.79 Å². The van der Waals surface area contributed by atoms with Crippen LogP contribution in [0.25, 0.3) is 22.2 Å². The van der Waals surface area contributed by atoms with Crippen molar-refractivity contribution < 1.29 is 9.18 Å². The van der Waals surface area contributed by atoms with E-state index in [0.29, 0.717) is 19.0 Å². The van der Waals surface area contributed by atoms with Crippen molar-refractivity contribution in [1.82, 2.24) is 24.6 Å². The molecule has 0 unspecified atom stereocenters. The van der Waals surface area contributed by atoms with E-state index in [2.05, 4.69) is 20.4 Å². The Morgan fingerprint density at radius 3 is 2.87 bits per heavy atom. The number of amides is 1. The maximum atomic E-state index is 14.8. The normalized spacial score (nSPS) is 22.7. The minimum absolute atomic E-state index is 0.0780. The van der Waals surface area contributed by atoms with Gasteiger partial charge in [-0.3, -0.25) is 9.48 Å². The summed E-state index contributed by atoms with van der Waals surface area (Å²) in [5.41, 5.74) is 3.83. The molecule has 7 nitrogen and oxygen atoms in total. The number of aromatic amines is 1. The fourth-order valence-electron chi connectivity index (χ4n) is 4.79. The lowest BCUT2D eigenvalue weighted by Crippen LogP contribution is -2.44. The van der Waals surface area contributed by atoms with E-state index < -0.39 is 6.17 Å². The smallest absolute Gasteiger partial charge is 0.219 e. The molecule has 2 fully saturated rings. The summed E-state index contributed by atoms with van der Waals surface area (Å²) in [7, 11) is 0. The van der Waals surface area contributed by atoms with E-state index in [1.807, 2.05) is 24.7 Å². The van der Waals surface area contributed by atoms with Crippen LogP contribution in [0.5, 0.6) is 0 Å². The van der Waals surface area contributed by atoms with Gasteiger partial charge in [0.1, 0.15) is 11.8 Å². The van der Waals surface area contributed by atoms with Gasteiger partial charge in [0, 0.05) is 54.6 Å². The average molecular weight is 410 g/mol. The molecule has 4 heterocycles. The number of pyridine rings is 1. The maximum absolute atomic E-state index is 14.8. The molecule has 3 aromatic heterocycles. The predicted molar refractivity (Wildman–Crippen MR) is 114 cm³/mol. The van der Waals surface area contributed by atoms with Gasteiger partial charge in [0.05, 0.1) is 24.5 Å². The second kappa shape index (κ2) is 7.74. The number of anilines is 1. The van der Waals surface area contributed by atoms with Crippen molar-refractivity contribution >= 4 is 22.6 Å².